The molecule has 1 amide bonds. The Kier molecular flexibility index (Phi) is 6.32. The molecule has 0 saturated heterocycles. The number of ketones is 1. The third kappa shape index (κ3) is 4.58. The van der Waals surface area contributed by atoms with Gasteiger partial charge < -0.3 is 4.74 Å². The quantitative estimate of drug-likeness (QED) is 0.468. The molecule has 6 nitrogen and oxygen atoms in total. The molecule has 0 spiro atoms. The molecule has 0 saturated carbocycles. The molecule has 0 atom stereocenters. The lowest BCUT2D eigenvalue weighted by atomic mass is 10.1. The molecule has 0 fully saturated rings. The molecule has 0 radical (unpaired) electrons. The predicted octanol–water partition coefficient (Wildman–Crippen LogP) is 4.32. The number of carbonyl (C=O) groups excluding carboxylic acids is 3. The SMILES string of the molecule is Cc1cc(C(=O)COC(=O)c2cc(Cl)ccc2F)c(C)n1NC(=O)c1ccccc1. The lowest BCUT2D eigenvalue weighted by Crippen LogP contribution is -2.25. The van der Waals surface area contributed by atoms with Gasteiger partial charge in [0.25, 0.3) is 5.91 Å². The Bertz CT molecular complexity index is 1130. The van der Waals surface area contributed by atoms with Crippen molar-refractivity contribution >= 4 is 29.3 Å². The summed E-state index contributed by atoms with van der Waals surface area (Å²) >= 11 is 5.77. The van der Waals surface area contributed by atoms with Crippen molar-refractivity contribution in [2.24, 2.45) is 0 Å². The summed E-state index contributed by atoms with van der Waals surface area (Å²) in [5.41, 5.74) is 4.22. The smallest absolute Gasteiger partial charge is 0.341 e. The Morgan fingerprint density at radius 2 is 1.73 bits per heavy atom. The maximum Gasteiger partial charge on any atom is 0.341 e. The zero-order valence-electron chi connectivity index (χ0n) is 16.2. The van der Waals surface area contributed by atoms with Crippen molar-refractivity contribution in [2.45, 2.75) is 13.8 Å². The fourth-order valence-corrected chi connectivity index (χ4v) is 3.09. The number of Topliss-reactive ketones (excluding diaryl/α,β-unsaturated/α-hetero) is 1. The number of benzene rings is 2. The molecule has 1 N–H and O–H groups in total. The van der Waals surface area contributed by atoms with E-state index < -0.39 is 24.2 Å². The maximum atomic E-state index is 13.8. The van der Waals surface area contributed by atoms with Crippen molar-refractivity contribution in [1.82, 2.24) is 4.68 Å². The lowest BCUT2D eigenvalue weighted by Gasteiger charge is -2.11. The first-order chi connectivity index (χ1) is 14.3. The molecule has 154 valence electrons. The van der Waals surface area contributed by atoms with Crippen molar-refractivity contribution < 1.29 is 23.5 Å². The van der Waals surface area contributed by atoms with Crippen molar-refractivity contribution in [3.8, 4) is 0 Å². The van der Waals surface area contributed by atoms with Crippen molar-refractivity contribution in [1.29, 1.82) is 0 Å². The normalized spacial score (nSPS) is 10.5. The average Bonchev–Trinajstić information content (AvgIpc) is 3.02. The molecule has 0 aliphatic carbocycles. The van der Waals surface area contributed by atoms with Gasteiger partial charge in [0.1, 0.15) is 5.82 Å². The molecule has 3 aromatic rings. The number of amides is 1. The van der Waals surface area contributed by atoms with Gasteiger partial charge >= 0.3 is 5.97 Å². The van der Waals surface area contributed by atoms with Crippen LogP contribution in [0.25, 0.3) is 0 Å². The first kappa shape index (κ1) is 21.3. The molecular formula is C22H18ClFN2O4. The van der Waals surface area contributed by atoms with E-state index in [2.05, 4.69) is 5.43 Å². The van der Waals surface area contributed by atoms with Crippen LogP contribution in [-0.2, 0) is 4.74 Å². The minimum Gasteiger partial charge on any atom is -0.454 e. The fourth-order valence-electron chi connectivity index (χ4n) is 2.91. The highest BCUT2D eigenvalue weighted by Gasteiger charge is 2.20. The standard InChI is InChI=1S/C22H18ClFN2O4/c1-13-10-17(14(2)26(13)25-21(28)15-6-4-3-5-7-15)20(27)12-30-22(29)18-11-16(23)8-9-19(18)24/h3-11H,12H2,1-2H3,(H,25,28). The molecule has 8 heteroatoms. The Hall–Kier alpha value is -3.45. The second kappa shape index (κ2) is 8.92. The summed E-state index contributed by atoms with van der Waals surface area (Å²) in [7, 11) is 0. The van der Waals surface area contributed by atoms with Crippen molar-refractivity contribution in [2.75, 3.05) is 12.0 Å². The van der Waals surface area contributed by atoms with Crippen LogP contribution in [0.1, 0.15) is 42.5 Å². The molecular weight excluding hydrogens is 411 g/mol. The van der Waals surface area contributed by atoms with Crippen LogP contribution in [0, 0.1) is 19.7 Å². The van der Waals surface area contributed by atoms with Gasteiger partial charge in [0.15, 0.2) is 6.61 Å². The first-order valence-corrected chi connectivity index (χ1v) is 9.36. The number of carbonyl (C=O) groups is 3. The zero-order valence-corrected chi connectivity index (χ0v) is 17.0. The van der Waals surface area contributed by atoms with E-state index in [1.165, 1.54) is 10.7 Å². The number of nitrogens with zero attached hydrogens (tertiary/aromatic N) is 1. The third-order valence-corrected chi connectivity index (χ3v) is 4.70. The van der Waals surface area contributed by atoms with Gasteiger partial charge in [0.2, 0.25) is 5.78 Å². The average molecular weight is 429 g/mol. The van der Waals surface area contributed by atoms with Crippen LogP contribution in [0.5, 0.6) is 0 Å². The van der Waals surface area contributed by atoms with E-state index >= 15 is 0 Å². The van der Waals surface area contributed by atoms with Crippen LogP contribution in [0.15, 0.2) is 54.6 Å². The maximum absolute atomic E-state index is 13.8. The van der Waals surface area contributed by atoms with E-state index in [0.717, 1.165) is 12.1 Å². The molecule has 1 aromatic heterocycles. The Morgan fingerprint density at radius 1 is 1.03 bits per heavy atom. The van der Waals surface area contributed by atoms with Gasteiger partial charge in [-0.15, -0.1) is 0 Å². The Balaban J connectivity index is 1.71. The fraction of sp³-hybridized carbons (Fsp3) is 0.136. The number of hydrogen-bond donors (Lipinski definition) is 1. The lowest BCUT2D eigenvalue weighted by molar-refractivity contribution is 0.0470. The largest absolute Gasteiger partial charge is 0.454 e. The summed E-state index contributed by atoms with van der Waals surface area (Å²) < 4.78 is 20.2. The van der Waals surface area contributed by atoms with Crippen LogP contribution in [0.2, 0.25) is 5.02 Å². The van der Waals surface area contributed by atoms with Crippen LogP contribution < -0.4 is 5.43 Å². The molecule has 0 aliphatic heterocycles. The van der Waals surface area contributed by atoms with Gasteiger partial charge in [0.05, 0.1) is 5.56 Å². The molecule has 0 aliphatic rings. The van der Waals surface area contributed by atoms with E-state index in [4.69, 9.17) is 16.3 Å². The van der Waals surface area contributed by atoms with Gasteiger partial charge in [-0.25, -0.2) is 9.18 Å². The number of hydrogen-bond acceptors (Lipinski definition) is 4. The van der Waals surface area contributed by atoms with Gasteiger partial charge in [0, 0.05) is 27.5 Å². The number of aryl methyl sites for hydroxylation is 1. The topological polar surface area (TPSA) is 77.4 Å². The highest BCUT2D eigenvalue weighted by atomic mass is 35.5. The van der Waals surface area contributed by atoms with E-state index in [1.807, 2.05) is 0 Å². The number of esters is 1. The predicted molar refractivity (Wildman–Crippen MR) is 110 cm³/mol. The Labute approximate surface area is 177 Å². The van der Waals surface area contributed by atoms with E-state index in [0.29, 0.717) is 17.0 Å². The zero-order chi connectivity index (χ0) is 21.8. The number of halogens is 2. The molecule has 2 aromatic carbocycles. The summed E-state index contributed by atoms with van der Waals surface area (Å²) in [6.45, 7) is 2.80. The third-order valence-electron chi connectivity index (χ3n) is 4.46. The van der Waals surface area contributed by atoms with E-state index in [-0.39, 0.29) is 22.1 Å². The van der Waals surface area contributed by atoms with Gasteiger partial charge in [-0.3, -0.25) is 19.7 Å². The Morgan fingerprint density at radius 3 is 2.43 bits per heavy atom. The summed E-state index contributed by atoms with van der Waals surface area (Å²) in [6, 6.07) is 13.7. The minimum atomic E-state index is -0.991. The molecule has 3 rings (SSSR count). The van der Waals surface area contributed by atoms with Crippen LogP contribution in [0.3, 0.4) is 0 Å². The van der Waals surface area contributed by atoms with Crippen LogP contribution in [-0.4, -0.2) is 28.9 Å². The molecule has 1 heterocycles. The van der Waals surface area contributed by atoms with Crippen LogP contribution in [0.4, 0.5) is 4.39 Å². The summed E-state index contributed by atoms with van der Waals surface area (Å²) in [4.78, 5) is 37.0. The highest BCUT2D eigenvalue weighted by molar-refractivity contribution is 6.30. The molecule has 30 heavy (non-hydrogen) atoms. The number of nitrogens with one attached hydrogen (secondary N) is 1. The summed E-state index contributed by atoms with van der Waals surface area (Å²) in [5, 5.41) is 0.173. The van der Waals surface area contributed by atoms with Crippen molar-refractivity contribution in [3.05, 3.63) is 93.5 Å². The van der Waals surface area contributed by atoms with Crippen LogP contribution >= 0.6 is 11.6 Å². The monoisotopic (exact) mass is 428 g/mol. The number of aromatic nitrogens is 1. The van der Waals surface area contributed by atoms with Crippen molar-refractivity contribution in [3.63, 3.8) is 0 Å². The summed E-state index contributed by atoms with van der Waals surface area (Å²) in [6.07, 6.45) is 0. The van der Waals surface area contributed by atoms with Gasteiger partial charge in [-0.1, -0.05) is 29.8 Å². The second-order valence-electron chi connectivity index (χ2n) is 6.55. The highest BCUT2D eigenvalue weighted by Crippen LogP contribution is 2.18. The summed E-state index contributed by atoms with van der Waals surface area (Å²) in [5.74, 6) is -2.61. The molecule has 0 bridgehead atoms. The first-order valence-electron chi connectivity index (χ1n) is 8.98. The number of ether oxygens (including phenoxy) is 1. The van der Waals surface area contributed by atoms with E-state index in [9.17, 15) is 18.8 Å². The van der Waals surface area contributed by atoms with Gasteiger partial charge in [-0.2, -0.15) is 0 Å². The second-order valence-corrected chi connectivity index (χ2v) is 6.99. The minimum absolute atomic E-state index is 0.173. The van der Waals surface area contributed by atoms with E-state index in [1.54, 1.807) is 50.2 Å². The number of rotatable bonds is 6. The molecule has 0 unspecified atom stereocenters. The van der Waals surface area contributed by atoms with Gasteiger partial charge in [-0.05, 0) is 50.2 Å².